The molecule has 8 heteroatoms. The van der Waals surface area contributed by atoms with E-state index in [1.165, 1.54) is 5.69 Å². The van der Waals surface area contributed by atoms with Crippen molar-refractivity contribution in [2.45, 2.75) is 12.8 Å². The van der Waals surface area contributed by atoms with Crippen LogP contribution in [0.5, 0.6) is 0 Å². The third-order valence-corrected chi connectivity index (χ3v) is 5.80. The van der Waals surface area contributed by atoms with Crippen molar-refractivity contribution in [3.05, 3.63) is 36.5 Å². The summed E-state index contributed by atoms with van der Waals surface area (Å²) in [5, 5.41) is 12.4. The second-order valence-corrected chi connectivity index (χ2v) is 7.80. The highest BCUT2D eigenvalue weighted by atomic mass is 16.4. The van der Waals surface area contributed by atoms with Crippen LogP contribution in [0.1, 0.15) is 12.8 Å². The minimum atomic E-state index is -0.699. The van der Waals surface area contributed by atoms with Crippen molar-refractivity contribution in [3.8, 4) is 0 Å². The summed E-state index contributed by atoms with van der Waals surface area (Å²) in [6.45, 7) is 5.68. The zero-order valence-electron chi connectivity index (χ0n) is 16.8. The number of piperazine rings is 1. The zero-order chi connectivity index (χ0) is 20.2. The van der Waals surface area contributed by atoms with E-state index < -0.39 is 5.97 Å². The predicted octanol–water partition coefficient (Wildman–Crippen LogP) is 2.27. The molecule has 2 aromatic rings. The average Bonchev–Trinajstić information content (AvgIpc) is 2.75. The molecule has 0 spiro atoms. The number of nitrogens with one attached hydrogen (secondary N) is 1. The molecule has 0 unspecified atom stereocenters. The summed E-state index contributed by atoms with van der Waals surface area (Å²) < 4.78 is 0. The third-order valence-electron chi connectivity index (χ3n) is 5.80. The van der Waals surface area contributed by atoms with Gasteiger partial charge in [-0.05, 0) is 50.2 Å². The highest BCUT2D eigenvalue weighted by Gasteiger charge is 2.25. The topological polar surface area (TPSA) is 84.8 Å². The van der Waals surface area contributed by atoms with Crippen LogP contribution in [-0.4, -0.2) is 72.3 Å². The van der Waals surface area contributed by atoms with E-state index in [4.69, 9.17) is 5.11 Å². The highest BCUT2D eigenvalue weighted by molar-refractivity contribution is 5.70. The maximum Gasteiger partial charge on any atom is 0.306 e. The van der Waals surface area contributed by atoms with Gasteiger partial charge in [0.2, 0.25) is 5.95 Å². The largest absolute Gasteiger partial charge is 0.481 e. The smallest absolute Gasteiger partial charge is 0.306 e. The SMILES string of the molecule is CN1CCN(c2ccc(Nc3nccc(N4CCC(C(=O)O)CC4)n3)cc2)CC1. The lowest BCUT2D eigenvalue weighted by Crippen LogP contribution is -2.44. The van der Waals surface area contributed by atoms with E-state index in [2.05, 4.69) is 61.3 Å². The fourth-order valence-corrected chi connectivity index (χ4v) is 3.89. The number of aliphatic carboxylic acids is 1. The summed E-state index contributed by atoms with van der Waals surface area (Å²) in [7, 11) is 2.16. The Bertz CT molecular complexity index is 827. The van der Waals surface area contributed by atoms with Crippen LogP contribution in [0, 0.1) is 5.92 Å². The lowest BCUT2D eigenvalue weighted by atomic mass is 9.97. The molecule has 154 valence electrons. The van der Waals surface area contributed by atoms with E-state index in [-0.39, 0.29) is 5.92 Å². The number of benzene rings is 1. The molecule has 0 atom stereocenters. The van der Waals surface area contributed by atoms with Crippen molar-refractivity contribution >= 4 is 29.1 Å². The van der Waals surface area contributed by atoms with Gasteiger partial charge in [0.05, 0.1) is 5.92 Å². The maximum absolute atomic E-state index is 11.1. The Morgan fingerprint density at radius 3 is 2.34 bits per heavy atom. The quantitative estimate of drug-likeness (QED) is 0.796. The second-order valence-electron chi connectivity index (χ2n) is 7.80. The van der Waals surface area contributed by atoms with Crippen molar-refractivity contribution in [3.63, 3.8) is 0 Å². The Hall–Kier alpha value is -2.87. The molecule has 2 N–H and O–H groups in total. The summed E-state index contributed by atoms with van der Waals surface area (Å²) in [5.74, 6) is 0.440. The summed E-state index contributed by atoms with van der Waals surface area (Å²) >= 11 is 0. The van der Waals surface area contributed by atoms with Gasteiger partial charge in [-0.15, -0.1) is 0 Å². The Morgan fingerprint density at radius 2 is 1.69 bits per heavy atom. The molecule has 4 rings (SSSR count). The Labute approximate surface area is 171 Å². The Balaban J connectivity index is 1.37. The molecule has 0 radical (unpaired) electrons. The first-order valence-corrected chi connectivity index (χ1v) is 10.2. The van der Waals surface area contributed by atoms with Crippen molar-refractivity contribution in [1.82, 2.24) is 14.9 Å². The fraction of sp³-hybridized carbons (Fsp3) is 0.476. The standard InChI is InChI=1S/C21H28N6O2/c1-25-12-14-26(15-13-25)18-4-2-17(3-5-18)23-21-22-9-6-19(24-21)27-10-7-16(8-11-27)20(28)29/h2-6,9,16H,7-8,10-15H2,1H3,(H,28,29)(H,22,23,24). The van der Waals surface area contributed by atoms with Gasteiger partial charge in [-0.25, -0.2) is 4.98 Å². The van der Waals surface area contributed by atoms with Crippen LogP contribution in [0.3, 0.4) is 0 Å². The molecule has 0 amide bonds. The normalized spacial score (nSPS) is 18.7. The zero-order valence-corrected chi connectivity index (χ0v) is 16.8. The Kier molecular flexibility index (Phi) is 5.80. The number of anilines is 4. The van der Waals surface area contributed by atoms with E-state index in [0.29, 0.717) is 31.9 Å². The highest BCUT2D eigenvalue weighted by Crippen LogP contribution is 2.24. The summed E-state index contributed by atoms with van der Waals surface area (Å²) in [6, 6.07) is 10.3. The molecule has 0 bridgehead atoms. The number of hydrogen-bond donors (Lipinski definition) is 2. The lowest BCUT2D eigenvalue weighted by molar-refractivity contribution is -0.142. The molecule has 29 heavy (non-hydrogen) atoms. The summed E-state index contributed by atoms with van der Waals surface area (Å²) in [6.07, 6.45) is 3.04. The minimum absolute atomic E-state index is 0.246. The number of aromatic nitrogens is 2. The van der Waals surface area contributed by atoms with Gasteiger partial charge in [-0.2, -0.15) is 4.98 Å². The van der Waals surface area contributed by atoms with E-state index in [1.54, 1.807) is 6.20 Å². The van der Waals surface area contributed by atoms with Crippen LogP contribution < -0.4 is 15.1 Å². The molecule has 0 aliphatic carbocycles. The van der Waals surface area contributed by atoms with Crippen LogP contribution >= 0.6 is 0 Å². The van der Waals surface area contributed by atoms with Crippen molar-refractivity contribution in [2.24, 2.45) is 5.92 Å². The molecule has 2 aliphatic rings. The van der Waals surface area contributed by atoms with Gasteiger partial charge >= 0.3 is 5.97 Å². The molecular formula is C21H28N6O2. The first-order chi connectivity index (χ1) is 14.1. The number of nitrogens with zero attached hydrogens (tertiary/aromatic N) is 5. The monoisotopic (exact) mass is 396 g/mol. The maximum atomic E-state index is 11.1. The third kappa shape index (κ3) is 4.76. The van der Waals surface area contributed by atoms with Crippen molar-refractivity contribution in [2.75, 3.05) is 61.4 Å². The van der Waals surface area contributed by atoms with Gasteiger partial charge in [-0.1, -0.05) is 0 Å². The number of hydrogen-bond acceptors (Lipinski definition) is 7. The Morgan fingerprint density at radius 1 is 1.00 bits per heavy atom. The number of piperidine rings is 1. The number of carboxylic acid groups (broad SMARTS) is 1. The molecule has 0 saturated carbocycles. The van der Waals surface area contributed by atoms with Gasteiger partial charge in [0.15, 0.2) is 0 Å². The van der Waals surface area contributed by atoms with Crippen LogP contribution in [0.4, 0.5) is 23.1 Å². The second kappa shape index (κ2) is 8.65. The van der Waals surface area contributed by atoms with Crippen LogP contribution in [0.15, 0.2) is 36.5 Å². The fourth-order valence-electron chi connectivity index (χ4n) is 3.89. The van der Waals surface area contributed by atoms with Gasteiger partial charge in [0.25, 0.3) is 0 Å². The molecule has 2 aliphatic heterocycles. The van der Waals surface area contributed by atoms with E-state index >= 15 is 0 Å². The number of rotatable bonds is 5. The van der Waals surface area contributed by atoms with E-state index in [1.807, 2.05) is 6.07 Å². The van der Waals surface area contributed by atoms with Gasteiger partial charge in [0.1, 0.15) is 5.82 Å². The minimum Gasteiger partial charge on any atom is -0.481 e. The predicted molar refractivity (Wildman–Crippen MR) is 114 cm³/mol. The van der Waals surface area contributed by atoms with Crippen molar-refractivity contribution in [1.29, 1.82) is 0 Å². The molecule has 2 fully saturated rings. The molecule has 2 saturated heterocycles. The van der Waals surface area contributed by atoms with Gasteiger partial charge < -0.3 is 25.1 Å². The van der Waals surface area contributed by atoms with Crippen LogP contribution in [-0.2, 0) is 4.79 Å². The number of likely N-dealkylation sites (N-methyl/N-ethyl adjacent to an activating group) is 1. The van der Waals surface area contributed by atoms with Crippen LogP contribution in [0.2, 0.25) is 0 Å². The van der Waals surface area contributed by atoms with Crippen molar-refractivity contribution < 1.29 is 9.90 Å². The first-order valence-electron chi connectivity index (χ1n) is 10.2. The molecule has 1 aromatic carbocycles. The summed E-state index contributed by atoms with van der Waals surface area (Å²) in [5.41, 5.74) is 2.18. The molecule has 3 heterocycles. The van der Waals surface area contributed by atoms with Gasteiger partial charge in [0, 0.05) is 56.8 Å². The van der Waals surface area contributed by atoms with Gasteiger partial charge in [-0.3, -0.25) is 4.79 Å². The number of carboxylic acids is 1. The summed E-state index contributed by atoms with van der Waals surface area (Å²) in [4.78, 5) is 27.0. The number of carbonyl (C=O) groups is 1. The van der Waals surface area contributed by atoms with E-state index in [9.17, 15) is 4.79 Å². The average molecular weight is 396 g/mol. The molecule has 8 nitrogen and oxygen atoms in total. The molecular weight excluding hydrogens is 368 g/mol. The van der Waals surface area contributed by atoms with Crippen LogP contribution in [0.25, 0.3) is 0 Å². The van der Waals surface area contributed by atoms with E-state index in [0.717, 1.165) is 37.7 Å². The first kappa shape index (κ1) is 19.4. The molecule has 1 aromatic heterocycles. The lowest BCUT2D eigenvalue weighted by Gasteiger charge is -2.34.